The summed E-state index contributed by atoms with van der Waals surface area (Å²) < 4.78 is 0. The standard InChI is InChI=1S/C7H4ClN3O5/c8-3-1-4(7(9)12)6(11(15)16)5(2-3)10(13)14/h1-2H,(H2,9,12). The van der Waals surface area contributed by atoms with Crippen LogP contribution in [0.4, 0.5) is 11.4 Å². The number of nitro groups is 2. The Hall–Kier alpha value is -2.22. The van der Waals surface area contributed by atoms with Crippen LogP contribution < -0.4 is 5.73 Å². The van der Waals surface area contributed by atoms with Crippen molar-refractivity contribution in [2.75, 3.05) is 0 Å². The highest BCUT2D eigenvalue weighted by Gasteiger charge is 2.31. The minimum Gasteiger partial charge on any atom is -0.365 e. The van der Waals surface area contributed by atoms with Gasteiger partial charge in [0.25, 0.3) is 5.91 Å². The number of amides is 1. The lowest BCUT2D eigenvalue weighted by Gasteiger charge is -2.00. The summed E-state index contributed by atoms with van der Waals surface area (Å²) in [6.45, 7) is 0. The SMILES string of the molecule is NC(=O)c1cc(Cl)cc([N+](=O)[O-])c1[N+](=O)[O-]. The molecule has 8 nitrogen and oxygen atoms in total. The van der Waals surface area contributed by atoms with E-state index in [1.54, 1.807) is 0 Å². The Morgan fingerprint density at radius 2 is 1.81 bits per heavy atom. The molecule has 0 atom stereocenters. The quantitative estimate of drug-likeness (QED) is 0.633. The van der Waals surface area contributed by atoms with Gasteiger partial charge in [-0.25, -0.2) is 0 Å². The Morgan fingerprint density at radius 3 is 2.19 bits per heavy atom. The number of halogens is 1. The maximum atomic E-state index is 10.9. The minimum absolute atomic E-state index is 0.175. The first-order valence-electron chi connectivity index (χ1n) is 3.76. The van der Waals surface area contributed by atoms with E-state index in [1.165, 1.54) is 0 Å². The molecule has 0 heterocycles. The fourth-order valence-electron chi connectivity index (χ4n) is 1.10. The molecule has 2 N–H and O–H groups in total. The van der Waals surface area contributed by atoms with Gasteiger partial charge in [-0.1, -0.05) is 11.6 Å². The smallest absolute Gasteiger partial charge is 0.358 e. The van der Waals surface area contributed by atoms with Crippen molar-refractivity contribution in [3.63, 3.8) is 0 Å². The summed E-state index contributed by atoms with van der Waals surface area (Å²) in [5.41, 5.74) is 2.45. The first-order chi connectivity index (χ1) is 7.34. The van der Waals surface area contributed by atoms with Gasteiger partial charge in [0.1, 0.15) is 5.56 Å². The Kier molecular flexibility index (Phi) is 3.04. The third-order valence-corrected chi connectivity index (χ3v) is 1.92. The Morgan fingerprint density at radius 1 is 1.25 bits per heavy atom. The predicted octanol–water partition coefficient (Wildman–Crippen LogP) is 1.26. The van der Waals surface area contributed by atoms with Gasteiger partial charge in [0, 0.05) is 11.1 Å². The average Bonchev–Trinajstić information content (AvgIpc) is 2.15. The molecule has 0 aliphatic rings. The van der Waals surface area contributed by atoms with Crippen molar-refractivity contribution < 1.29 is 14.6 Å². The molecule has 0 spiro atoms. The van der Waals surface area contributed by atoms with Crippen LogP contribution in [-0.2, 0) is 0 Å². The molecule has 9 heteroatoms. The molecule has 0 saturated carbocycles. The van der Waals surface area contributed by atoms with Crippen molar-refractivity contribution in [2.45, 2.75) is 0 Å². The fourth-order valence-corrected chi connectivity index (χ4v) is 1.32. The maximum absolute atomic E-state index is 10.9. The number of rotatable bonds is 3. The van der Waals surface area contributed by atoms with Crippen LogP contribution in [-0.4, -0.2) is 15.8 Å². The van der Waals surface area contributed by atoms with E-state index in [2.05, 4.69) is 0 Å². The van der Waals surface area contributed by atoms with E-state index >= 15 is 0 Å². The molecule has 84 valence electrons. The van der Waals surface area contributed by atoms with Crippen molar-refractivity contribution in [1.29, 1.82) is 0 Å². The third-order valence-electron chi connectivity index (χ3n) is 1.70. The molecule has 0 fully saturated rings. The zero-order chi connectivity index (χ0) is 12.5. The molecule has 0 aliphatic heterocycles. The van der Waals surface area contributed by atoms with E-state index in [0.29, 0.717) is 0 Å². The third kappa shape index (κ3) is 2.06. The molecule has 0 unspecified atom stereocenters. The molecular formula is C7H4ClN3O5. The van der Waals surface area contributed by atoms with Crippen LogP contribution >= 0.6 is 11.6 Å². The van der Waals surface area contributed by atoms with Gasteiger partial charge in [-0.3, -0.25) is 25.0 Å². The van der Waals surface area contributed by atoms with Crippen molar-refractivity contribution in [3.8, 4) is 0 Å². The summed E-state index contributed by atoms with van der Waals surface area (Å²) in [5.74, 6) is -1.16. The molecule has 0 radical (unpaired) electrons. The van der Waals surface area contributed by atoms with Crippen LogP contribution in [0, 0.1) is 20.2 Å². The molecule has 1 aromatic rings. The van der Waals surface area contributed by atoms with Gasteiger partial charge in [0.05, 0.1) is 9.85 Å². The Bertz CT molecular complexity index is 466. The van der Waals surface area contributed by atoms with Crippen molar-refractivity contribution in [1.82, 2.24) is 0 Å². The number of nitrogens with zero attached hydrogens (tertiary/aromatic N) is 2. The number of carbonyl (C=O) groups is 1. The summed E-state index contributed by atoms with van der Waals surface area (Å²) in [7, 11) is 0. The van der Waals surface area contributed by atoms with E-state index < -0.39 is 32.7 Å². The highest BCUT2D eigenvalue weighted by Crippen LogP contribution is 2.33. The van der Waals surface area contributed by atoms with Crippen LogP contribution in [0.5, 0.6) is 0 Å². The molecule has 1 aromatic carbocycles. The summed E-state index contributed by atoms with van der Waals surface area (Å²) in [5, 5.41) is 21.0. The van der Waals surface area contributed by atoms with Crippen molar-refractivity contribution in [3.05, 3.63) is 42.9 Å². The lowest BCUT2D eigenvalue weighted by molar-refractivity contribution is -0.422. The van der Waals surface area contributed by atoms with Gasteiger partial charge in [-0.15, -0.1) is 0 Å². The predicted molar refractivity (Wildman–Crippen MR) is 53.3 cm³/mol. The van der Waals surface area contributed by atoms with Crippen LogP contribution in [0.3, 0.4) is 0 Å². The van der Waals surface area contributed by atoms with Crippen LogP contribution in [0.1, 0.15) is 10.4 Å². The molecule has 16 heavy (non-hydrogen) atoms. The highest BCUT2D eigenvalue weighted by atomic mass is 35.5. The highest BCUT2D eigenvalue weighted by molar-refractivity contribution is 6.31. The molecular weight excluding hydrogens is 242 g/mol. The molecule has 0 saturated heterocycles. The van der Waals surface area contributed by atoms with Crippen LogP contribution in [0.2, 0.25) is 5.02 Å². The van der Waals surface area contributed by atoms with Gasteiger partial charge in [0.15, 0.2) is 0 Å². The zero-order valence-corrected chi connectivity index (χ0v) is 8.30. The van der Waals surface area contributed by atoms with Crippen LogP contribution in [0.25, 0.3) is 0 Å². The number of hydrogen-bond donors (Lipinski definition) is 1. The first-order valence-corrected chi connectivity index (χ1v) is 4.14. The lowest BCUT2D eigenvalue weighted by Crippen LogP contribution is -2.14. The van der Waals surface area contributed by atoms with E-state index in [9.17, 15) is 25.0 Å². The maximum Gasteiger partial charge on any atom is 0.358 e. The first kappa shape index (κ1) is 11.9. The molecule has 0 aromatic heterocycles. The fraction of sp³-hybridized carbons (Fsp3) is 0. The molecule has 0 aliphatic carbocycles. The Labute approximate surface area is 92.9 Å². The zero-order valence-electron chi connectivity index (χ0n) is 7.55. The topological polar surface area (TPSA) is 129 Å². The second-order valence-electron chi connectivity index (χ2n) is 2.70. The second-order valence-corrected chi connectivity index (χ2v) is 3.14. The minimum atomic E-state index is -1.16. The van der Waals surface area contributed by atoms with Gasteiger partial charge in [0.2, 0.25) is 0 Å². The van der Waals surface area contributed by atoms with Gasteiger partial charge >= 0.3 is 11.4 Å². The van der Waals surface area contributed by atoms with Crippen LogP contribution in [0.15, 0.2) is 12.1 Å². The van der Waals surface area contributed by atoms with Gasteiger partial charge < -0.3 is 5.73 Å². The normalized spacial score (nSPS) is 9.81. The van der Waals surface area contributed by atoms with E-state index in [-0.39, 0.29) is 5.02 Å². The number of benzene rings is 1. The monoisotopic (exact) mass is 245 g/mol. The second kappa shape index (κ2) is 4.11. The van der Waals surface area contributed by atoms with Crippen molar-refractivity contribution in [2.24, 2.45) is 5.73 Å². The summed E-state index contributed by atoms with van der Waals surface area (Å²) in [4.78, 5) is 30.0. The van der Waals surface area contributed by atoms with E-state index in [0.717, 1.165) is 12.1 Å². The lowest BCUT2D eigenvalue weighted by atomic mass is 10.1. The molecule has 0 bridgehead atoms. The van der Waals surface area contributed by atoms with Gasteiger partial charge in [-0.2, -0.15) is 0 Å². The summed E-state index contributed by atoms with van der Waals surface area (Å²) >= 11 is 5.48. The molecule has 1 amide bonds. The summed E-state index contributed by atoms with van der Waals surface area (Å²) in [6.07, 6.45) is 0. The largest absolute Gasteiger partial charge is 0.365 e. The number of hydrogen-bond acceptors (Lipinski definition) is 5. The number of nitrogens with two attached hydrogens (primary N) is 1. The number of nitro benzene ring substituents is 2. The molecule has 1 rings (SSSR count). The summed E-state index contributed by atoms with van der Waals surface area (Å²) in [6, 6.07) is 1.70. The number of primary amides is 1. The van der Waals surface area contributed by atoms with E-state index in [1.807, 2.05) is 0 Å². The van der Waals surface area contributed by atoms with Gasteiger partial charge in [-0.05, 0) is 6.07 Å². The average molecular weight is 246 g/mol. The van der Waals surface area contributed by atoms with Crippen molar-refractivity contribution >= 4 is 28.9 Å². The Balaban J connectivity index is 3.67. The van der Waals surface area contributed by atoms with E-state index in [4.69, 9.17) is 17.3 Å². The number of carbonyl (C=O) groups excluding carboxylic acids is 1.